The summed E-state index contributed by atoms with van der Waals surface area (Å²) in [7, 11) is 0. The summed E-state index contributed by atoms with van der Waals surface area (Å²) in [5.74, 6) is 1.63. The molecule has 1 aliphatic carbocycles. The molecule has 0 saturated carbocycles. The Morgan fingerprint density at radius 3 is 2.85 bits per heavy atom. The van der Waals surface area contributed by atoms with E-state index in [2.05, 4.69) is 30.9 Å². The van der Waals surface area contributed by atoms with Gasteiger partial charge in [0.25, 0.3) is 0 Å². The Bertz CT molecular complexity index is 544. The molecule has 1 aromatic rings. The van der Waals surface area contributed by atoms with Crippen molar-refractivity contribution < 1.29 is 0 Å². The van der Waals surface area contributed by atoms with Gasteiger partial charge in [0, 0.05) is 18.3 Å². The van der Waals surface area contributed by atoms with Crippen molar-refractivity contribution in [1.82, 2.24) is 4.98 Å². The number of nitriles is 1. The van der Waals surface area contributed by atoms with Crippen LogP contribution in [-0.4, -0.2) is 17.6 Å². The van der Waals surface area contributed by atoms with Crippen LogP contribution in [0.1, 0.15) is 56.4 Å². The molecule has 2 unspecified atom stereocenters. The van der Waals surface area contributed by atoms with Gasteiger partial charge in [-0.1, -0.05) is 6.92 Å². The predicted molar refractivity (Wildman–Crippen MR) is 80.8 cm³/mol. The van der Waals surface area contributed by atoms with Crippen molar-refractivity contribution in [2.45, 2.75) is 58.4 Å². The maximum atomic E-state index is 9.49. The summed E-state index contributed by atoms with van der Waals surface area (Å²) in [6.45, 7) is 5.58. The van der Waals surface area contributed by atoms with E-state index < -0.39 is 0 Å². The van der Waals surface area contributed by atoms with E-state index in [9.17, 15) is 5.26 Å². The van der Waals surface area contributed by atoms with E-state index in [0.29, 0.717) is 12.0 Å². The number of nitrogens with zero attached hydrogens (tertiary/aromatic N) is 3. The summed E-state index contributed by atoms with van der Waals surface area (Å²) in [6, 6.07) is 4.97. The van der Waals surface area contributed by atoms with Crippen LogP contribution in [0.2, 0.25) is 0 Å². The normalized spacial score (nSPS) is 25.9. The average molecular weight is 269 g/mol. The summed E-state index contributed by atoms with van der Waals surface area (Å²) in [6.07, 6.45) is 7.11. The zero-order valence-electron chi connectivity index (χ0n) is 12.5. The Morgan fingerprint density at radius 2 is 2.05 bits per heavy atom. The Kier molecular flexibility index (Phi) is 3.65. The van der Waals surface area contributed by atoms with Crippen molar-refractivity contribution in [2.75, 3.05) is 11.4 Å². The molecule has 2 atom stereocenters. The van der Waals surface area contributed by atoms with Crippen molar-refractivity contribution in [3.05, 3.63) is 22.9 Å². The lowest BCUT2D eigenvalue weighted by molar-refractivity contribution is 0.387. The molecule has 0 amide bonds. The Morgan fingerprint density at radius 1 is 1.25 bits per heavy atom. The van der Waals surface area contributed by atoms with Crippen LogP contribution in [0.25, 0.3) is 0 Å². The van der Waals surface area contributed by atoms with Gasteiger partial charge in [0.2, 0.25) is 0 Å². The topological polar surface area (TPSA) is 39.9 Å². The molecule has 0 N–H and O–H groups in total. The lowest BCUT2D eigenvalue weighted by Crippen LogP contribution is -2.42. The van der Waals surface area contributed by atoms with Crippen molar-refractivity contribution in [3.63, 3.8) is 0 Å². The first kappa shape index (κ1) is 13.4. The first-order valence-electron chi connectivity index (χ1n) is 7.88. The Balaban J connectivity index is 2.01. The number of piperidine rings is 1. The van der Waals surface area contributed by atoms with E-state index in [-0.39, 0.29) is 0 Å². The van der Waals surface area contributed by atoms with Gasteiger partial charge in [-0.05, 0) is 63.0 Å². The molecular formula is C17H23N3. The Labute approximate surface area is 121 Å². The van der Waals surface area contributed by atoms with Gasteiger partial charge >= 0.3 is 0 Å². The lowest BCUT2D eigenvalue weighted by Gasteiger charge is -2.38. The highest BCUT2D eigenvalue weighted by Crippen LogP contribution is 2.31. The number of hydrogen-bond acceptors (Lipinski definition) is 3. The van der Waals surface area contributed by atoms with E-state index in [1.54, 1.807) is 0 Å². The van der Waals surface area contributed by atoms with Crippen LogP contribution >= 0.6 is 0 Å². The van der Waals surface area contributed by atoms with Crippen LogP contribution < -0.4 is 4.90 Å². The second kappa shape index (κ2) is 5.44. The highest BCUT2D eigenvalue weighted by molar-refractivity contribution is 5.57. The molecule has 2 heterocycles. The van der Waals surface area contributed by atoms with Crippen molar-refractivity contribution >= 4 is 5.82 Å². The van der Waals surface area contributed by atoms with Crippen LogP contribution in [0.4, 0.5) is 5.82 Å². The number of pyridine rings is 1. The third-order valence-electron chi connectivity index (χ3n) is 4.79. The maximum Gasteiger partial charge on any atom is 0.147 e. The monoisotopic (exact) mass is 269 g/mol. The number of fused-ring (bicyclic) bond motifs is 1. The van der Waals surface area contributed by atoms with Gasteiger partial charge in [-0.2, -0.15) is 5.26 Å². The maximum absolute atomic E-state index is 9.49. The molecule has 3 nitrogen and oxygen atoms in total. The van der Waals surface area contributed by atoms with E-state index in [4.69, 9.17) is 4.98 Å². The van der Waals surface area contributed by atoms with Gasteiger partial charge in [-0.25, -0.2) is 4.98 Å². The van der Waals surface area contributed by atoms with Gasteiger partial charge in [-0.3, -0.25) is 0 Å². The quantitative estimate of drug-likeness (QED) is 0.784. The first-order valence-corrected chi connectivity index (χ1v) is 7.88. The summed E-state index contributed by atoms with van der Waals surface area (Å²) < 4.78 is 0. The summed E-state index contributed by atoms with van der Waals surface area (Å²) in [5, 5.41) is 9.49. The molecule has 106 valence electrons. The number of hydrogen-bond donors (Lipinski definition) is 0. The van der Waals surface area contributed by atoms with E-state index in [1.165, 1.54) is 36.9 Å². The Hall–Kier alpha value is -1.56. The fourth-order valence-electron chi connectivity index (χ4n) is 3.51. The summed E-state index contributed by atoms with van der Waals surface area (Å²) in [5.41, 5.74) is 3.30. The minimum Gasteiger partial charge on any atom is -0.353 e. The second-order valence-electron chi connectivity index (χ2n) is 6.47. The highest BCUT2D eigenvalue weighted by atomic mass is 15.2. The number of rotatable bonds is 1. The van der Waals surface area contributed by atoms with Crippen molar-refractivity contribution in [1.29, 1.82) is 5.26 Å². The molecule has 20 heavy (non-hydrogen) atoms. The molecule has 3 heteroatoms. The van der Waals surface area contributed by atoms with E-state index in [1.807, 2.05) is 0 Å². The van der Waals surface area contributed by atoms with Crippen LogP contribution in [-0.2, 0) is 12.8 Å². The van der Waals surface area contributed by atoms with Gasteiger partial charge in [0.1, 0.15) is 11.9 Å². The molecule has 0 radical (unpaired) electrons. The SMILES string of the molecule is CC1CCC(C)N(c2nc3c(cc2C#N)CCCC3)C1. The summed E-state index contributed by atoms with van der Waals surface area (Å²) in [4.78, 5) is 7.26. The highest BCUT2D eigenvalue weighted by Gasteiger charge is 2.27. The first-order chi connectivity index (χ1) is 9.69. The predicted octanol–water partition coefficient (Wildman–Crippen LogP) is 3.46. The van der Waals surface area contributed by atoms with E-state index in [0.717, 1.165) is 30.8 Å². The molecule has 1 aromatic heterocycles. The number of anilines is 1. The van der Waals surface area contributed by atoms with Crippen molar-refractivity contribution in [3.8, 4) is 6.07 Å². The molecule has 1 saturated heterocycles. The lowest BCUT2D eigenvalue weighted by atomic mass is 9.92. The molecule has 0 spiro atoms. The second-order valence-corrected chi connectivity index (χ2v) is 6.47. The number of aromatic nitrogens is 1. The zero-order valence-corrected chi connectivity index (χ0v) is 12.5. The fraction of sp³-hybridized carbons (Fsp3) is 0.647. The van der Waals surface area contributed by atoms with Crippen LogP contribution in [0.5, 0.6) is 0 Å². The van der Waals surface area contributed by atoms with E-state index >= 15 is 0 Å². The molecule has 3 rings (SSSR count). The van der Waals surface area contributed by atoms with Crippen LogP contribution in [0.15, 0.2) is 6.07 Å². The van der Waals surface area contributed by atoms with Gasteiger partial charge < -0.3 is 4.90 Å². The average Bonchev–Trinajstić information content (AvgIpc) is 2.48. The largest absolute Gasteiger partial charge is 0.353 e. The zero-order chi connectivity index (χ0) is 14.1. The van der Waals surface area contributed by atoms with Gasteiger partial charge in [-0.15, -0.1) is 0 Å². The minimum atomic E-state index is 0.493. The molecule has 1 aliphatic heterocycles. The molecule has 0 bridgehead atoms. The molecular weight excluding hydrogens is 246 g/mol. The molecule has 1 fully saturated rings. The van der Waals surface area contributed by atoms with Gasteiger partial charge in [0.15, 0.2) is 0 Å². The standard InChI is InChI=1S/C17H23N3/c1-12-7-8-13(2)20(11-12)17-15(10-18)9-14-5-3-4-6-16(14)19-17/h9,12-13H,3-8,11H2,1-2H3. The minimum absolute atomic E-state index is 0.493. The fourth-order valence-corrected chi connectivity index (χ4v) is 3.51. The summed E-state index contributed by atoms with van der Waals surface area (Å²) >= 11 is 0. The smallest absolute Gasteiger partial charge is 0.147 e. The molecule has 0 aromatic carbocycles. The third kappa shape index (κ3) is 2.40. The number of aryl methyl sites for hydroxylation is 2. The van der Waals surface area contributed by atoms with Crippen LogP contribution in [0, 0.1) is 17.2 Å². The van der Waals surface area contributed by atoms with Gasteiger partial charge in [0.05, 0.1) is 5.56 Å². The van der Waals surface area contributed by atoms with Crippen molar-refractivity contribution in [2.24, 2.45) is 5.92 Å². The van der Waals surface area contributed by atoms with Crippen LogP contribution in [0.3, 0.4) is 0 Å². The molecule has 2 aliphatic rings. The third-order valence-corrected chi connectivity index (χ3v) is 4.79.